The lowest BCUT2D eigenvalue weighted by Gasteiger charge is -2.35. The number of nitrogens with zero attached hydrogens (tertiary/aromatic N) is 3. The number of hydrogen-bond donors (Lipinski definition) is 1. The molecule has 0 aliphatic carbocycles. The van der Waals surface area contributed by atoms with Crippen molar-refractivity contribution >= 4 is 11.6 Å². The molecule has 0 radical (unpaired) electrons. The minimum atomic E-state index is -0.414. The maximum absolute atomic E-state index is 10.3. The quantitative estimate of drug-likeness (QED) is 0.855. The van der Waals surface area contributed by atoms with E-state index in [0.717, 1.165) is 38.3 Å². The van der Waals surface area contributed by atoms with Crippen LogP contribution in [0.4, 0.5) is 0 Å². The monoisotopic (exact) mass is 331 g/mol. The number of aromatic nitrogens is 1. The summed E-state index contributed by atoms with van der Waals surface area (Å²) < 4.78 is 0. The first-order valence-electron chi connectivity index (χ1n) is 7.99. The SMILES string of the molecule is OC(CN1CCN(Cc2ccc(Cl)nc2)CC1)c1ccccc1. The Morgan fingerprint density at radius 1 is 1.00 bits per heavy atom. The Balaban J connectivity index is 1.46. The lowest BCUT2D eigenvalue weighted by molar-refractivity contribution is 0.0701. The van der Waals surface area contributed by atoms with Gasteiger partial charge in [-0.15, -0.1) is 0 Å². The van der Waals surface area contributed by atoms with Crippen molar-refractivity contribution in [2.75, 3.05) is 32.7 Å². The van der Waals surface area contributed by atoms with E-state index in [9.17, 15) is 5.11 Å². The van der Waals surface area contributed by atoms with Gasteiger partial charge in [-0.3, -0.25) is 9.80 Å². The molecule has 2 heterocycles. The Hall–Kier alpha value is -1.46. The molecule has 0 bridgehead atoms. The van der Waals surface area contributed by atoms with Crippen molar-refractivity contribution in [2.24, 2.45) is 0 Å². The average Bonchev–Trinajstić information content (AvgIpc) is 2.59. The van der Waals surface area contributed by atoms with E-state index >= 15 is 0 Å². The van der Waals surface area contributed by atoms with Crippen LogP contribution in [0.25, 0.3) is 0 Å². The van der Waals surface area contributed by atoms with Crippen LogP contribution < -0.4 is 0 Å². The molecule has 2 aromatic rings. The second kappa shape index (κ2) is 7.88. The van der Waals surface area contributed by atoms with E-state index in [1.807, 2.05) is 48.7 Å². The number of piperazine rings is 1. The third-order valence-corrected chi connectivity index (χ3v) is 4.50. The lowest BCUT2D eigenvalue weighted by Crippen LogP contribution is -2.47. The predicted octanol–water partition coefficient (Wildman–Crippen LogP) is 2.59. The average molecular weight is 332 g/mol. The van der Waals surface area contributed by atoms with E-state index in [1.54, 1.807) is 0 Å². The van der Waals surface area contributed by atoms with Crippen molar-refractivity contribution in [3.8, 4) is 0 Å². The molecule has 1 fully saturated rings. The van der Waals surface area contributed by atoms with Crippen molar-refractivity contribution in [2.45, 2.75) is 12.6 Å². The van der Waals surface area contributed by atoms with E-state index in [4.69, 9.17) is 11.6 Å². The van der Waals surface area contributed by atoms with Gasteiger partial charge in [0.1, 0.15) is 5.15 Å². The summed E-state index contributed by atoms with van der Waals surface area (Å²) in [4.78, 5) is 8.87. The van der Waals surface area contributed by atoms with Gasteiger partial charge in [-0.1, -0.05) is 48.0 Å². The van der Waals surface area contributed by atoms with E-state index in [1.165, 1.54) is 5.56 Å². The van der Waals surface area contributed by atoms with Crippen LogP contribution in [-0.4, -0.2) is 52.6 Å². The van der Waals surface area contributed by atoms with Gasteiger partial charge in [0.25, 0.3) is 0 Å². The fraction of sp³-hybridized carbons (Fsp3) is 0.389. The van der Waals surface area contributed by atoms with E-state index in [2.05, 4.69) is 14.8 Å². The summed E-state index contributed by atoms with van der Waals surface area (Å²) in [6.45, 7) is 5.56. The highest BCUT2D eigenvalue weighted by Gasteiger charge is 2.19. The smallest absolute Gasteiger partial charge is 0.129 e. The summed E-state index contributed by atoms with van der Waals surface area (Å²) in [6, 6.07) is 13.7. The molecule has 1 aromatic carbocycles. The van der Waals surface area contributed by atoms with Crippen molar-refractivity contribution < 1.29 is 5.11 Å². The molecule has 1 saturated heterocycles. The van der Waals surface area contributed by atoms with Crippen LogP contribution in [0, 0.1) is 0 Å². The van der Waals surface area contributed by atoms with Crippen molar-refractivity contribution in [3.05, 3.63) is 64.9 Å². The molecule has 23 heavy (non-hydrogen) atoms. The van der Waals surface area contributed by atoms with E-state index < -0.39 is 6.10 Å². The van der Waals surface area contributed by atoms with Gasteiger partial charge < -0.3 is 5.11 Å². The van der Waals surface area contributed by atoms with Gasteiger partial charge in [-0.05, 0) is 17.2 Å². The number of aliphatic hydroxyl groups excluding tert-OH is 1. The normalized spacial score (nSPS) is 18.0. The minimum absolute atomic E-state index is 0.414. The topological polar surface area (TPSA) is 39.6 Å². The maximum atomic E-state index is 10.3. The number of aliphatic hydroxyl groups is 1. The summed E-state index contributed by atoms with van der Waals surface area (Å²) in [6.07, 6.45) is 1.43. The van der Waals surface area contributed by atoms with Gasteiger partial charge in [0, 0.05) is 45.5 Å². The molecule has 1 atom stereocenters. The Bertz CT molecular complexity index is 597. The van der Waals surface area contributed by atoms with Gasteiger partial charge in [-0.25, -0.2) is 4.98 Å². The van der Waals surface area contributed by atoms with Crippen LogP contribution in [0.5, 0.6) is 0 Å². The molecular formula is C18H22ClN3O. The second-order valence-corrected chi connectivity index (χ2v) is 6.38. The maximum Gasteiger partial charge on any atom is 0.129 e. The Morgan fingerprint density at radius 2 is 1.70 bits per heavy atom. The molecule has 1 aromatic heterocycles. The van der Waals surface area contributed by atoms with E-state index in [0.29, 0.717) is 11.7 Å². The van der Waals surface area contributed by atoms with Gasteiger partial charge in [0.15, 0.2) is 0 Å². The number of benzene rings is 1. The van der Waals surface area contributed by atoms with Crippen molar-refractivity contribution in [1.82, 2.24) is 14.8 Å². The Kier molecular flexibility index (Phi) is 5.62. The molecule has 122 valence electrons. The summed E-state index contributed by atoms with van der Waals surface area (Å²) >= 11 is 5.82. The second-order valence-electron chi connectivity index (χ2n) is 5.99. The Labute approximate surface area is 142 Å². The highest BCUT2D eigenvalue weighted by molar-refractivity contribution is 6.29. The first-order chi connectivity index (χ1) is 11.2. The summed E-state index contributed by atoms with van der Waals surface area (Å²) in [5.41, 5.74) is 2.18. The molecule has 3 rings (SSSR count). The minimum Gasteiger partial charge on any atom is -0.387 e. The fourth-order valence-corrected chi connectivity index (χ4v) is 3.03. The first-order valence-corrected chi connectivity index (χ1v) is 8.36. The predicted molar refractivity (Wildman–Crippen MR) is 92.4 cm³/mol. The van der Waals surface area contributed by atoms with Gasteiger partial charge in [0.2, 0.25) is 0 Å². The van der Waals surface area contributed by atoms with Crippen LogP contribution >= 0.6 is 11.6 Å². The highest BCUT2D eigenvalue weighted by Crippen LogP contribution is 2.16. The lowest BCUT2D eigenvalue weighted by atomic mass is 10.1. The number of β-amino-alcohol motifs (C(OH)–C–C–N with tert-alkyl or cyclic N) is 1. The molecule has 4 nitrogen and oxygen atoms in total. The highest BCUT2D eigenvalue weighted by atomic mass is 35.5. The number of halogens is 1. The largest absolute Gasteiger partial charge is 0.387 e. The van der Waals surface area contributed by atoms with Crippen molar-refractivity contribution in [3.63, 3.8) is 0 Å². The third kappa shape index (κ3) is 4.75. The Morgan fingerprint density at radius 3 is 2.35 bits per heavy atom. The van der Waals surface area contributed by atoms with Crippen LogP contribution in [-0.2, 0) is 6.54 Å². The van der Waals surface area contributed by atoms with Crippen molar-refractivity contribution in [1.29, 1.82) is 0 Å². The molecule has 0 saturated carbocycles. The summed E-state index contributed by atoms with van der Waals surface area (Å²) in [7, 11) is 0. The van der Waals surface area contributed by atoms with Crippen LogP contribution in [0.15, 0.2) is 48.7 Å². The summed E-state index contributed by atoms with van der Waals surface area (Å²) in [5, 5.41) is 10.9. The molecular weight excluding hydrogens is 310 g/mol. The summed E-state index contributed by atoms with van der Waals surface area (Å²) in [5.74, 6) is 0. The molecule has 5 heteroatoms. The first kappa shape index (κ1) is 16.4. The molecule has 1 aliphatic rings. The van der Waals surface area contributed by atoms with Crippen LogP contribution in [0.2, 0.25) is 5.15 Å². The number of pyridine rings is 1. The molecule has 0 amide bonds. The molecule has 1 unspecified atom stereocenters. The zero-order valence-electron chi connectivity index (χ0n) is 13.1. The van der Waals surface area contributed by atoms with Crippen LogP contribution in [0.1, 0.15) is 17.2 Å². The third-order valence-electron chi connectivity index (χ3n) is 4.28. The molecule has 1 aliphatic heterocycles. The number of hydrogen-bond acceptors (Lipinski definition) is 4. The molecule has 1 N–H and O–H groups in total. The number of rotatable bonds is 5. The van der Waals surface area contributed by atoms with Gasteiger partial charge in [-0.2, -0.15) is 0 Å². The standard InChI is InChI=1S/C18H22ClN3O/c19-18-7-6-15(12-20-18)13-21-8-10-22(11-9-21)14-17(23)16-4-2-1-3-5-16/h1-7,12,17,23H,8-11,13-14H2. The zero-order chi connectivity index (χ0) is 16.1. The zero-order valence-corrected chi connectivity index (χ0v) is 13.9. The van der Waals surface area contributed by atoms with Gasteiger partial charge >= 0.3 is 0 Å². The fourth-order valence-electron chi connectivity index (χ4n) is 2.91. The van der Waals surface area contributed by atoms with Crippen LogP contribution in [0.3, 0.4) is 0 Å². The van der Waals surface area contributed by atoms with Gasteiger partial charge in [0.05, 0.1) is 6.10 Å². The van der Waals surface area contributed by atoms with E-state index in [-0.39, 0.29) is 0 Å². The molecule has 0 spiro atoms.